The molecule has 0 aliphatic carbocycles. The maximum atomic E-state index is 12.4. The van der Waals surface area contributed by atoms with Gasteiger partial charge in [0.1, 0.15) is 5.15 Å². The van der Waals surface area contributed by atoms with Crippen molar-refractivity contribution in [1.82, 2.24) is 14.5 Å². The molecule has 190 valence electrons. The summed E-state index contributed by atoms with van der Waals surface area (Å²) in [5.41, 5.74) is 3.72. The quantitative estimate of drug-likeness (QED) is 0.319. The van der Waals surface area contributed by atoms with Crippen LogP contribution in [0.3, 0.4) is 0 Å². The number of nitrogens with one attached hydrogen (secondary N) is 1. The molecule has 8 nitrogen and oxygen atoms in total. The van der Waals surface area contributed by atoms with Gasteiger partial charge in [-0.3, -0.25) is 9.78 Å². The number of pyridine rings is 1. The van der Waals surface area contributed by atoms with E-state index < -0.39 is 6.29 Å². The minimum Gasteiger partial charge on any atom is -0.392 e. The third kappa shape index (κ3) is 6.01. The zero-order valence-electron chi connectivity index (χ0n) is 19.6. The first kappa shape index (κ1) is 25.4. The van der Waals surface area contributed by atoms with Crippen LogP contribution in [0.2, 0.25) is 10.3 Å². The zero-order valence-corrected chi connectivity index (χ0v) is 21.1. The molecule has 2 N–H and O–H groups in total. The molecule has 0 spiro atoms. The molecule has 2 aromatic heterocycles. The number of aromatic nitrogens is 3. The molecule has 5 rings (SSSR count). The van der Waals surface area contributed by atoms with E-state index in [2.05, 4.69) is 15.3 Å². The van der Waals surface area contributed by atoms with Gasteiger partial charge < -0.3 is 24.5 Å². The van der Waals surface area contributed by atoms with Crippen molar-refractivity contribution < 1.29 is 19.4 Å². The molecule has 1 fully saturated rings. The average molecular weight is 539 g/mol. The Kier molecular flexibility index (Phi) is 7.83. The topological polar surface area (TPSA) is 98.5 Å². The van der Waals surface area contributed by atoms with Gasteiger partial charge in [0.25, 0.3) is 5.91 Å². The Morgan fingerprint density at radius 3 is 2.46 bits per heavy atom. The molecule has 3 atom stereocenters. The fourth-order valence-electron chi connectivity index (χ4n) is 4.15. The Balaban J connectivity index is 1.35. The van der Waals surface area contributed by atoms with Gasteiger partial charge in [-0.15, -0.1) is 0 Å². The molecule has 0 unspecified atom stereocenters. The Morgan fingerprint density at radius 1 is 1.05 bits per heavy atom. The van der Waals surface area contributed by atoms with Crippen molar-refractivity contribution in [3.63, 3.8) is 0 Å². The molecule has 4 aromatic rings. The van der Waals surface area contributed by atoms with Crippen LogP contribution >= 0.6 is 23.2 Å². The van der Waals surface area contributed by atoms with Crippen LogP contribution in [0.25, 0.3) is 0 Å². The predicted octanol–water partition coefficient (Wildman–Crippen LogP) is 5.58. The molecule has 37 heavy (non-hydrogen) atoms. The fourth-order valence-corrected chi connectivity index (χ4v) is 4.46. The van der Waals surface area contributed by atoms with Crippen LogP contribution in [0, 0.1) is 0 Å². The van der Waals surface area contributed by atoms with Crippen molar-refractivity contribution in [2.45, 2.75) is 38.1 Å². The van der Waals surface area contributed by atoms with E-state index in [0.717, 1.165) is 16.7 Å². The number of carbonyl (C=O) groups excluding carboxylic acids is 1. The maximum Gasteiger partial charge on any atom is 0.257 e. The highest BCUT2D eigenvalue weighted by atomic mass is 35.5. The monoisotopic (exact) mass is 538 g/mol. The molecule has 2 aromatic carbocycles. The Morgan fingerprint density at radius 2 is 1.81 bits per heavy atom. The van der Waals surface area contributed by atoms with Gasteiger partial charge in [0.15, 0.2) is 11.4 Å². The second kappa shape index (κ2) is 11.4. The van der Waals surface area contributed by atoms with Crippen LogP contribution in [0.4, 0.5) is 5.69 Å². The van der Waals surface area contributed by atoms with Crippen molar-refractivity contribution in [3.8, 4) is 0 Å². The van der Waals surface area contributed by atoms with Crippen LogP contribution in [0.1, 0.15) is 45.9 Å². The molecular weight excluding hydrogens is 515 g/mol. The van der Waals surface area contributed by atoms with E-state index in [4.69, 9.17) is 32.7 Å². The lowest BCUT2D eigenvalue weighted by molar-refractivity contribution is -0.252. The lowest BCUT2D eigenvalue weighted by atomic mass is 10.00. The number of imidazole rings is 1. The summed E-state index contributed by atoms with van der Waals surface area (Å²) in [5, 5.41) is 12.9. The standard InChI is InChI=1S/C27H24Cl2N4O4/c28-24-25(29)33(16-31-24)14-22-12-23(18-5-3-17(15-34)4-6-18)37-27(36-22)19-7-9-21(10-8-19)32-26(35)20-2-1-11-30-13-20/h1-11,13,16,22-23,27,34H,12,14-15H2,(H,32,35)/t22-,23+,27+/m0/s1. The number of benzene rings is 2. The molecule has 1 aliphatic heterocycles. The highest BCUT2D eigenvalue weighted by molar-refractivity contribution is 6.40. The Hall–Kier alpha value is -3.27. The molecule has 3 heterocycles. The van der Waals surface area contributed by atoms with Crippen LogP contribution in [0.15, 0.2) is 79.4 Å². The van der Waals surface area contributed by atoms with Gasteiger partial charge >= 0.3 is 0 Å². The van der Waals surface area contributed by atoms with E-state index in [1.165, 1.54) is 6.20 Å². The van der Waals surface area contributed by atoms with Gasteiger partial charge in [-0.05, 0) is 35.4 Å². The number of hydrogen-bond donors (Lipinski definition) is 2. The first-order valence-corrected chi connectivity index (χ1v) is 12.4. The van der Waals surface area contributed by atoms with Crippen molar-refractivity contribution in [3.05, 3.63) is 112 Å². The number of aliphatic hydroxyl groups is 1. The number of rotatable bonds is 7. The molecule has 0 saturated carbocycles. The summed E-state index contributed by atoms with van der Waals surface area (Å²) >= 11 is 12.3. The van der Waals surface area contributed by atoms with E-state index >= 15 is 0 Å². The first-order chi connectivity index (χ1) is 18.0. The van der Waals surface area contributed by atoms with Gasteiger partial charge in [-0.25, -0.2) is 4.98 Å². The molecule has 0 radical (unpaired) electrons. The van der Waals surface area contributed by atoms with E-state index in [1.807, 2.05) is 36.4 Å². The third-order valence-electron chi connectivity index (χ3n) is 6.11. The van der Waals surface area contributed by atoms with Gasteiger partial charge in [0.05, 0.1) is 37.3 Å². The minimum atomic E-state index is -0.651. The molecule has 10 heteroatoms. The molecular formula is C27H24Cl2N4O4. The minimum absolute atomic E-state index is 0.0241. The lowest BCUT2D eigenvalue weighted by Gasteiger charge is -2.36. The summed E-state index contributed by atoms with van der Waals surface area (Å²) in [5.74, 6) is -0.242. The van der Waals surface area contributed by atoms with Gasteiger partial charge in [-0.2, -0.15) is 0 Å². The summed E-state index contributed by atoms with van der Waals surface area (Å²) in [7, 11) is 0. The van der Waals surface area contributed by atoms with Gasteiger partial charge in [0, 0.05) is 30.1 Å². The lowest BCUT2D eigenvalue weighted by Crippen LogP contribution is -2.32. The SMILES string of the molecule is O=C(Nc1ccc([C@@H]2O[C@H](Cn3cnc(Cl)c3Cl)C[C@H](c3ccc(CO)cc3)O2)cc1)c1cccnc1. The predicted molar refractivity (Wildman–Crippen MR) is 139 cm³/mol. The summed E-state index contributed by atoms with van der Waals surface area (Å²) in [6.45, 7) is 0.423. The number of ether oxygens (including phenoxy) is 2. The van der Waals surface area contributed by atoms with Gasteiger partial charge in [0.2, 0.25) is 0 Å². The number of aliphatic hydroxyl groups excluding tert-OH is 1. The fraction of sp³-hybridized carbons (Fsp3) is 0.222. The second-order valence-corrected chi connectivity index (χ2v) is 9.36. The number of amides is 1. The zero-order chi connectivity index (χ0) is 25.8. The third-order valence-corrected chi connectivity index (χ3v) is 6.88. The highest BCUT2D eigenvalue weighted by Gasteiger charge is 2.33. The van der Waals surface area contributed by atoms with Crippen molar-refractivity contribution in [2.75, 3.05) is 5.32 Å². The highest BCUT2D eigenvalue weighted by Crippen LogP contribution is 2.39. The summed E-state index contributed by atoms with van der Waals surface area (Å²) < 4.78 is 14.4. The smallest absolute Gasteiger partial charge is 0.257 e. The maximum absolute atomic E-state index is 12.4. The average Bonchev–Trinajstić information content (AvgIpc) is 3.26. The summed E-state index contributed by atoms with van der Waals surface area (Å²) in [4.78, 5) is 20.5. The van der Waals surface area contributed by atoms with Crippen LogP contribution in [-0.4, -0.2) is 31.7 Å². The summed E-state index contributed by atoms with van der Waals surface area (Å²) in [6.07, 6.45) is 4.16. The summed E-state index contributed by atoms with van der Waals surface area (Å²) in [6, 6.07) is 18.4. The van der Waals surface area contributed by atoms with Crippen molar-refractivity contribution >= 4 is 34.8 Å². The van der Waals surface area contributed by atoms with E-state index in [9.17, 15) is 9.90 Å². The number of anilines is 1. The molecule has 1 amide bonds. The van der Waals surface area contributed by atoms with E-state index in [1.54, 1.807) is 41.4 Å². The molecule has 0 bridgehead atoms. The normalized spacial score (nSPS) is 19.5. The Bertz CT molecular complexity index is 1350. The van der Waals surface area contributed by atoms with Crippen LogP contribution < -0.4 is 5.32 Å². The van der Waals surface area contributed by atoms with Crippen molar-refractivity contribution in [1.29, 1.82) is 0 Å². The number of carbonyl (C=O) groups is 1. The van der Waals surface area contributed by atoms with Crippen LogP contribution in [-0.2, 0) is 22.6 Å². The first-order valence-electron chi connectivity index (χ1n) is 11.7. The second-order valence-electron chi connectivity index (χ2n) is 8.65. The van der Waals surface area contributed by atoms with Gasteiger partial charge in [-0.1, -0.05) is 59.6 Å². The Labute approximate surface area is 223 Å². The molecule has 1 saturated heterocycles. The number of nitrogens with zero attached hydrogens (tertiary/aromatic N) is 3. The van der Waals surface area contributed by atoms with Crippen LogP contribution in [0.5, 0.6) is 0 Å². The van der Waals surface area contributed by atoms with Crippen molar-refractivity contribution in [2.24, 2.45) is 0 Å². The molecule has 1 aliphatic rings. The van der Waals surface area contributed by atoms with E-state index in [-0.39, 0.29) is 29.9 Å². The largest absolute Gasteiger partial charge is 0.392 e. The number of hydrogen-bond acceptors (Lipinski definition) is 6. The number of halogens is 2. The van der Waals surface area contributed by atoms with E-state index in [0.29, 0.717) is 29.4 Å².